The number of alkyl carbamates (subject to hydrolysis) is 3. The van der Waals surface area contributed by atoms with Crippen LogP contribution < -0.4 is 36.1 Å². The number of carbonyl (C=O) groups excluding carboxylic acids is 7. The second-order valence-corrected chi connectivity index (χ2v) is 39.0. The van der Waals surface area contributed by atoms with Gasteiger partial charge in [-0.15, -0.1) is 0 Å². The van der Waals surface area contributed by atoms with Crippen molar-refractivity contribution in [3.8, 4) is 22.6 Å². The standard InChI is InChI=1S/C79H99N5O15Si2/c1-55(73(87)95-52-58-32-22-15-23-33-58)81-71(85)66(82-72(86)67(83-77(91)98-78(2,3)4)48-65(99-101(11,12)79(5,6)7)49-80-75(89)96-53-59-34-24-16-25-35-59)46-63-44-61(38-40-69(63)93-50-56-28-18-13-19-29-56)62-39-41-70(94-51-57-30-20-14-21-31-57)64(45-62)47-68(74(88)92-42-43-100(8,9)10)84-76(90)97-54-60-36-26-17-27-37-60/h13-41,44-45,55,65-68H,42-43,46-54H2,1-12H3,(H,80,89)(H,81,85)(H,82,86)(H,83,91)(H,84,90)/t55-,65+,66-,67-,68-/m0/s1. The lowest BCUT2D eigenvalue weighted by Gasteiger charge is -2.40. The highest BCUT2D eigenvalue weighted by Gasteiger charge is 2.41. The highest BCUT2D eigenvalue weighted by atomic mass is 28.4. The summed E-state index contributed by atoms with van der Waals surface area (Å²) in [6.07, 6.45) is -4.04. The summed E-state index contributed by atoms with van der Waals surface area (Å²) in [7, 11) is -4.40. The molecule has 0 unspecified atom stereocenters. The monoisotopic (exact) mass is 1410 g/mol. The minimum absolute atomic E-state index is 0.0113. The van der Waals surface area contributed by atoms with Crippen LogP contribution in [0.15, 0.2) is 188 Å². The Morgan fingerprint density at radius 2 is 0.851 bits per heavy atom. The van der Waals surface area contributed by atoms with Gasteiger partial charge in [0, 0.05) is 33.9 Å². The molecule has 7 aromatic carbocycles. The summed E-state index contributed by atoms with van der Waals surface area (Å²) in [5.41, 5.74) is 5.11. The lowest BCUT2D eigenvalue weighted by Crippen LogP contribution is -2.58. The van der Waals surface area contributed by atoms with Crippen molar-refractivity contribution in [3.63, 3.8) is 0 Å². The van der Waals surface area contributed by atoms with Crippen LogP contribution in [-0.4, -0.2) is 107 Å². The molecule has 0 bridgehead atoms. The number of carbonyl (C=O) groups is 7. The molecule has 538 valence electrons. The van der Waals surface area contributed by atoms with Crippen LogP contribution in [0, 0.1) is 0 Å². The third-order valence-corrected chi connectivity index (χ3v) is 22.9. The zero-order valence-corrected chi connectivity index (χ0v) is 62.2. The highest BCUT2D eigenvalue weighted by molar-refractivity contribution is 6.76. The first-order valence-corrected chi connectivity index (χ1v) is 40.7. The van der Waals surface area contributed by atoms with Gasteiger partial charge in [-0.1, -0.05) is 204 Å². The highest BCUT2D eigenvalue weighted by Crippen LogP contribution is 2.38. The summed E-state index contributed by atoms with van der Waals surface area (Å²) in [6, 6.07) is 52.6. The van der Waals surface area contributed by atoms with Gasteiger partial charge in [-0.2, -0.15) is 0 Å². The number of nitrogens with one attached hydrogen (secondary N) is 5. The van der Waals surface area contributed by atoms with E-state index in [9.17, 15) is 24.0 Å². The van der Waals surface area contributed by atoms with Crippen molar-refractivity contribution >= 4 is 58.4 Å². The molecule has 101 heavy (non-hydrogen) atoms. The maximum absolute atomic E-state index is 15.5. The van der Waals surface area contributed by atoms with E-state index >= 15 is 9.59 Å². The molecule has 0 aliphatic carbocycles. The number of amides is 5. The lowest BCUT2D eigenvalue weighted by atomic mass is 9.95. The first-order valence-electron chi connectivity index (χ1n) is 34.1. The molecule has 0 radical (unpaired) electrons. The molecule has 5 N–H and O–H groups in total. The summed E-state index contributed by atoms with van der Waals surface area (Å²) >= 11 is 0. The molecule has 0 saturated heterocycles. The van der Waals surface area contributed by atoms with E-state index in [-0.39, 0.29) is 70.5 Å². The minimum Gasteiger partial charge on any atom is -0.489 e. The first kappa shape index (κ1) is 78.6. The average molecular weight is 1410 g/mol. The number of esters is 2. The largest absolute Gasteiger partial charge is 0.489 e. The van der Waals surface area contributed by atoms with Crippen LogP contribution in [0.5, 0.6) is 11.5 Å². The van der Waals surface area contributed by atoms with E-state index in [4.69, 9.17) is 37.6 Å². The van der Waals surface area contributed by atoms with E-state index in [1.165, 1.54) is 6.92 Å². The van der Waals surface area contributed by atoms with E-state index < -0.39 is 94.3 Å². The Balaban J connectivity index is 1.30. The number of hydrogen-bond acceptors (Lipinski definition) is 15. The molecule has 7 aromatic rings. The van der Waals surface area contributed by atoms with Crippen LogP contribution in [0.2, 0.25) is 43.8 Å². The fourth-order valence-electron chi connectivity index (χ4n) is 10.1. The quantitative estimate of drug-likeness (QED) is 0.0143. The Labute approximate surface area is 596 Å². The molecule has 0 fully saturated rings. The van der Waals surface area contributed by atoms with Crippen molar-refractivity contribution in [2.75, 3.05) is 13.2 Å². The van der Waals surface area contributed by atoms with E-state index in [1.807, 2.05) is 198 Å². The number of ether oxygens (including phenoxy) is 7. The van der Waals surface area contributed by atoms with Crippen molar-refractivity contribution in [2.45, 2.75) is 180 Å². The first-order chi connectivity index (χ1) is 48.0. The van der Waals surface area contributed by atoms with Crippen LogP contribution in [0.25, 0.3) is 11.1 Å². The predicted molar refractivity (Wildman–Crippen MR) is 394 cm³/mol. The number of hydrogen-bond donors (Lipinski definition) is 5. The molecule has 5 amide bonds. The second-order valence-electron chi connectivity index (χ2n) is 28.6. The van der Waals surface area contributed by atoms with Crippen molar-refractivity contribution in [1.29, 1.82) is 0 Å². The Morgan fingerprint density at radius 1 is 0.436 bits per heavy atom. The van der Waals surface area contributed by atoms with E-state index in [0.717, 1.165) is 27.8 Å². The molecule has 7 rings (SSSR count). The fourth-order valence-corrected chi connectivity index (χ4v) is 12.2. The van der Waals surface area contributed by atoms with Crippen molar-refractivity contribution in [3.05, 3.63) is 227 Å². The molecular formula is C79H99N5O15Si2. The van der Waals surface area contributed by atoms with Crippen LogP contribution >= 0.6 is 0 Å². The van der Waals surface area contributed by atoms with Crippen LogP contribution in [0.1, 0.15) is 93.8 Å². The molecule has 22 heteroatoms. The van der Waals surface area contributed by atoms with Crippen LogP contribution in [0.3, 0.4) is 0 Å². The van der Waals surface area contributed by atoms with Gasteiger partial charge in [0.1, 0.15) is 74.3 Å². The lowest BCUT2D eigenvalue weighted by molar-refractivity contribution is -0.149. The topological polar surface area (TPSA) is 253 Å². The molecule has 5 atom stereocenters. The van der Waals surface area contributed by atoms with Gasteiger partial charge in [0.05, 0.1) is 12.7 Å². The fraction of sp³-hybridized carbons (Fsp3) is 0.380. The van der Waals surface area contributed by atoms with Gasteiger partial charge in [-0.3, -0.25) is 9.59 Å². The van der Waals surface area contributed by atoms with E-state index in [2.05, 4.69) is 46.2 Å². The summed E-state index contributed by atoms with van der Waals surface area (Å²) in [4.78, 5) is 99.9. The van der Waals surface area contributed by atoms with Gasteiger partial charge >= 0.3 is 30.2 Å². The van der Waals surface area contributed by atoms with Gasteiger partial charge in [0.15, 0.2) is 8.32 Å². The average Bonchev–Trinajstić information content (AvgIpc) is 0.811. The SMILES string of the molecule is C[C@H](NC(=O)[C@H](Cc1cc(-c2ccc(OCc3ccccc3)c(C[C@H](NC(=O)OCc3ccccc3)C(=O)OCC[Si](C)(C)C)c2)ccc1OCc1ccccc1)NC(=O)[C@H](C[C@H](CNC(=O)OCc1ccccc1)O[Si](C)(C)C(C)(C)C)NC(=O)OC(C)(C)C)C(=O)OCc1ccccc1. The maximum atomic E-state index is 15.5. The third kappa shape index (κ3) is 27.4. The van der Waals surface area contributed by atoms with Gasteiger partial charge in [-0.25, -0.2) is 24.0 Å². The van der Waals surface area contributed by atoms with Gasteiger partial charge in [0.2, 0.25) is 11.8 Å². The minimum atomic E-state index is -2.73. The van der Waals surface area contributed by atoms with Crippen molar-refractivity contribution in [1.82, 2.24) is 26.6 Å². The molecule has 0 aliphatic rings. The van der Waals surface area contributed by atoms with Gasteiger partial charge in [-0.05, 0) is 126 Å². The van der Waals surface area contributed by atoms with E-state index in [1.54, 1.807) is 45.0 Å². The Hall–Kier alpha value is -9.78. The molecular weight excluding hydrogens is 1320 g/mol. The molecule has 0 heterocycles. The van der Waals surface area contributed by atoms with E-state index in [0.29, 0.717) is 39.8 Å². The predicted octanol–water partition coefficient (Wildman–Crippen LogP) is 14.1. The zero-order valence-electron chi connectivity index (χ0n) is 60.2. The number of benzene rings is 7. The van der Waals surface area contributed by atoms with Crippen molar-refractivity contribution in [2.24, 2.45) is 0 Å². The smallest absolute Gasteiger partial charge is 0.408 e. The van der Waals surface area contributed by atoms with Gasteiger partial charge < -0.3 is 64.2 Å². The zero-order chi connectivity index (χ0) is 73.2. The maximum Gasteiger partial charge on any atom is 0.408 e. The van der Waals surface area contributed by atoms with Crippen LogP contribution in [0.4, 0.5) is 14.4 Å². The molecule has 20 nitrogen and oxygen atoms in total. The molecule has 0 saturated carbocycles. The summed E-state index contributed by atoms with van der Waals surface area (Å²) in [5, 5.41) is 13.7. The third-order valence-electron chi connectivity index (χ3n) is 16.7. The summed E-state index contributed by atoms with van der Waals surface area (Å²) < 4.78 is 48.6. The number of rotatable bonds is 34. The molecule has 0 aliphatic heterocycles. The Kier molecular flexibility index (Phi) is 29.2. The van der Waals surface area contributed by atoms with Crippen LogP contribution in [-0.2, 0) is 93.2 Å². The van der Waals surface area contributed by atoms with Crippen molar-refractivity contribution < 1.29 is 71.1 Å². The summed E-state index contributed by atoms with van der Waals surface area (Å²) in [6.45, 7) is 23.3. The van der Waals surface area contributed by atoms with Gasteiger partial charge in [0.25, 0.3) is 0 Å². The molecule has 0 aromatic heterocycles. The normalized spacial score (nSPS) is 13.1. The summed E-state index contributed by atoms with van der Waals surface area (Å²) in [5.74, 6) is -2.30. The Morgan fingerprint density at radius 3 is 1.30 bits per heavy atom. The molecule has 0 spiro atoms. The second kappa shape index (κ2) is 37.6. The Bertz CT molecular complexity index is 3810.